The molecule has 5 nitrogen and oxygen atoms in total. The number of carboxylic acids is 1. The fourth-order valence-corrected chi connectivity index (χ4v) is 3.96. The molecule has 1 aliphatic heterocycles. The highest BCUT2D eigenvalue weighted by Gasteiger charge is 2.52. The first-order valence-corrected chi connectivity index (χ1v) is 9.56. The Morgan fingerprint density at radius 2 is 1.93 bits per heavy atom. The van der Waals surface area contributed by atoms with E-state index in [0.717, 1.165) is 6.07 Å². The number of esters is 1. The summed E-state index contributed by atoms with van der Waals surface area (Å²) in [6.07, 6.45) is -4.93. The molecule has 1 N–H and O–H groups in total. The van der Waals surface area contributed by atoms with Crippen molar-refractivity contribution in [2.75, 3.05) is 13.1 Å². The standard InChI is InChI=1S/C20H25ClF3NO4/c1-12-9-25(10-13-14(20(22,23)24)6-5-7-15(13)21)11-19(12,17(27)28)8-16(26)29-18(2,3)4/h5-7,12H,8-11H2,1-4H3,(H,27,28)/t12-,19+/m0/s1. The molecule has 9 heteroatoms. The van der Waals surface area contributed by atoms with Crippen LogP contribution in [-0.4, -0.2) is 40.6 Å². The van der Waals surface area contributed by atoms with E-state index in [1.165, 1.54) is 12.1 Å². The van der Waals surface area contributed by atoms with Crippen LogP contribution in [0.25, 0.3) is 0 Å². The lowest BCUT2D eigenvalue weighted by molar-refractivity contribution is -0.166. The maximum atomic E-state index is 13.4. The van der Waals surface area contributed by atoms with E-state index in [4.69, 9.17) is 16.3 Å². The van der Waals surface area contributed by atoms with Crippen molar-refractivity contribution in [1.82, 2.24) is 4.90 Å². The lowest BCUT2D eigenvalue weighted by Crippen LogP contribution is -2.41. The van der Waals surface area contributed by atoms with Gasteiger partial charge in [-0.3, -0.25) is 14.5 Å². The second-order valence-corrected chi connectivity index (χ2v) is 8.97. The molecule has 1 aliphatic rings. The molecule has 1 heterocycles. The van der Waals surface area contributed by atoms with Gasteiger partial charge in [0.2, 0.25) is 0 Å². The number of likely N-dealkylation sites (tertiary alicyclic amines) is 1. The Morgan fingerprint density at radius 3 is 2.45 bits per heavy atom. The molecule has 0 unspecified atom stereocenters. The largest absolute Gasteiger partial charge is 0.481 e. The van der Waals surface area contributed by atoms with E-state index >= 15 is 0 Å². The van der Waals surface area contributed by atoms with Crippen molar-refractivity contribution in [3.05, 3.63) is 34.3 Å². The molecule has 0 bridgehead atoms. The number of rotatable bonds is 5. The van der Waals surface area contributed by atoms with Gasteiger partial charge in [0.05, 0.1) is 17.4 Å². The molecule has 1 aromatic carbocycles. The lowest BCUT2D eigenvalue weighted by atomic mass is 9.76. The van der Waals surface area contributed by atoms with Crippen LogP contribution in [0.1, 0.15) is 45.2 Å². The second-order valence-electron chi connectivity index (χ2n) is 8.56. The van der Waals surface area contributed by atoms with E-state index in [1.54, 1.807) is 32.6 Å². The number of alkyl halides is 3. The van der Waals surface area contributed by atoms with Gasteiger partial charge in [-0.15, -0.1) is 0 Å². The maximum Gasteiger partial charge on any atom is 0.416 e. The van der Waals surface area contributed by atoms with Gasteiger partial charge in [0, 0.05) is 24.7 Å². The Hall–Kier alpha value is -1.80. The highest BCUT2D eigenvalue weighted by atomic mass is 35.5. The number of carboxylic acid groups (broad SMARTS) is 1. The summed E-state index contributed by atoms with van der Waals surface area (Å²) in [4.78, 5) is 26.0. The monoisotopic (exact) mass is 435 g/mol. The first kappa shape index (κ1) is 23.5. The van der Waals surface area contributed by atoms with Gasteiger partial charge in [-0.05, 0) is 44.4 Å². The minimum atomic E-state index is -4.58. The summed E-state index contributed by atoms with van der Waals surface area (Å²) in [7, 11) is 0. The first-order chi connectivity index (χ1) is 13.2. The SMILES string of the molecule is C[C@H]1CN(Cc2c(Cl)cccc2C(F)(F)F)C[C@@]1(CC(=O)OC(C)(C)C)C(=O)O. The fraction of sp³-hybridized carbons (Fsp3) is 0.600. The highest BCUT2D eigenvalue weighted by molar-refractivity contribution is 6.31. The third kappa shape index (κ3) is 5.42. The molecule has 0 saturated carbocycles. The molecular weight excluding hydrogens is 411 g/mol. The van der Waals surface area contributed by atoms with Crippen molar-refractivity contribution in [2.45, 2.75) is 52.4 Å². The summed E-state index contributed by atoms with van der Waals surface area (Å²) in [6, 6.07) is 3.55. The molecule has 162 valence electrons. The van der Waals surface area contributed by atoms with Crippen LogP contribution in [0.5, 0.6) is 0 Å². The number of carbonyl (C=O) groups excluding carboxylic acids is 1. The third-order valence-electron chi connectivity index (χ3n) is 5.09. The smallest absolute Gasteiger partial charge is 0.416 e. The number of aliphatic carboxylic acids is 1. The van der Waals surface area contributed by atoms with Crippen molar-refractivity contribution >= 4 is 23.5 Å². The van der Waals surface area contributed by atoms with Gasteiger partial charge >= 0.3 is 18.1 Å². The molecule has 1 fully saturated rings. The molecule has 2 atom stereocenters. The topological polar surface area (TPSA) is 66.8 Å². The van der Waals surface area contributed by atoms with Gasteiger partial charge < -0.3 is 9.84 Å². The van der Waals surface area contributed by atoms with E-state index in [-0.39, 0.29) is 36.6 Å². The van der Waals surface area contributed by atoms with Crippen molar-refractivity contribution in [1.29, 1.82) is 0 Å². The zero-order valence-electron chi connectivity index (χ0n) is 16.8. The Kier molecular flexibility index (Phi) is 6.59. The fourth-order valence-electron chi connectivity index (χ4n) is 3.73. The Balaban J connectivity index is 2.28. The number of halogens is 4. The lowest BCUT2D eigenvalue weighted by Gasteiger charge is -2.29. The minimum absolute atomic E-state index is 0.0348. The van der Waals surface area contributed by atoms with Crippen LogP contribution in [0.15, 0.2) is 18.2 Å². The average molecular weight is 436 g/mol. The second kappa shape index (κ2) is 8.14. The molecule has 1 saturated heterocycles. The molecule has 0 radical (unpaired) electrons. The molecular formula is C20H25ClF3NO4. The molecule has 1 aromatic rings. The predicted octanol–water partition coefficient (Wildman–Crippen LogP) is 4.61. The summed E-state index contributed by atoms with van der Waals surface area (Å²) in [5, 5.41) is 9.83. The van der Waals surface area contributed by atoms with Gasteiger partial charge in [0.25, 0.3) is 0 Å². The van der Waals surface area contributed by atoms with Crippen LogP contribution in [0, 0.1) is 11.3 Å². The molecule has 0 spiro atoms. The van der Waals surface area contributed by atoms with E-state index in [1.807, 2.05) is 0 Å². The van der Waals surface area contributed by atoms with Crippen molar-refractivity contribution in [3.8, 4) is 0 Å². The summed E-state index contributed by atoms with van der Waals surface area (Å²) < 4.78 is 45.3. The van der Waals surface area contributed by atoms with Crippen LogP contribution in [0.4, 0.5) is 13.2 Å². The maximum absolute atomic E-state index is 13.4. The van der Waals surface area contributed by atoms with Gasteiger partial charge in [-0.25, -0.2) is 0 Å². The van der Waals surface area contributed by atoms with Crippen molar-refractivity contribution < 1.29 is 32.6 Å². The number of hydrogen-bond donors (Lipinski definition) is 1. The normalized spacial score (nSPS) is 23.2. The van der Waals surface area contributed by atoms with Crippen molar-refractivity contribution in [3.63, 3.8) is 0 Å². The molecule has 0 aromatic heterocycles. The van der Waals surface area contributed by atoms with Crippen LogP contribution in [0.3, 0.4) is 0 Å². The first-order valence-electron chi connectivity index (χ1n) is 9.18. The molecule has 0 aliphatic carbocycles. The Morgan fingerprint density at radius 1 is 1.31 bits per heavy atom. The number of carbonyl (C=O) groups is 2. The molecule has 29 heavy (non-hydrogen) atoms. The summed E-state index contributed by atoms with van der Waals surface area (Å²) in [5.74, 6) is -2.29. The van der Waals surface area contributed by atoms with Gasteiger partial charge in [0.15, 0.2) is 0 Å². The summed E-state index contributed by atoms with van der Waals surface area (Å²) in [5.41, 5.74) is -3.16. The highest BCUT2D eigenvalue weighted by Crippen LogP contribution is 2.42. The molecule has 2 rings (SSSR count). The minimum Gasteiger partial charge on any atom is -0.481 e. The predicted molar refractivity (Wildman–Crippen MR) is 101 cm³/mol. The van der Waals surface area contributed by atoms with Gasteiger partial charge in [0.1, 0.15) is 5.60 Å². The number of ether oxygens (including phenoxy) is 1. The van der Waals surface area contributed by atoms with E-state index in [0.29, 0.717) is 0 Å². The van der Waals surface area contributed by atoms with Crippen LogP contribution in [0.2, 0.25) is 5.02 Å². The van der Waals surface area contributed by atoms with Crippen molar-refractivity contribution in [2.24, 2.45) is 11.3 Å². The van der Waals surface area contributed by atoms with E-state index in [9.17, 15) is 27.9 Å². The van der Waals surface area contributed by atoms with Crippen LogP contribution < -0.4 is 0 Å². The zero-order chi connectivity index (χ0) is 22.2. The van der Waals surface area contributed by atoms with Crippen LogP contribution in [-0.2, 0) is 27.0 Å². The van der Waals surface area contributed by atoms with E-state index in [2.05, 4.69) is 0 Å². The van der Waals surface area contributed by atoms with Gasteiger partial charge in [-0.2, -0.15) is 13.2 Å². The van der Waals surface area contributed by atoms with E-state index < -0.39 is 40.6 Å². The zero-order valence-corrected chi connectivity index (χ0v) is 17.5. The molecule has 0 amide bonds. The number of hydrogen-bond acceptors (Lipinski definition) is 4. The quantitative estimate of drug-likeness (QED) is 0.684. The Labute approximate surface area is 172 Å². The number of nitrogens with zero attached hydrogens (tertiary/aromatic N) is 1. The summed E-state index contributed by atoms with van der Waals surface area (Å²) in [6.45, 7) is 6.69. The van der Waals surface area contributed by atoms with Crippen LogP contribution >= 0.6 is 11.6 Å². The summed E-state index contributed by atoms with van der Waals surface area (Å²) >= 11 is 6.02. The van der Waals surface area contributed by atoms with Gasteiger partial charge in [-0.1, -0.05) is 24.6 Å². The number of benzene rings is 1. The third-order valence-corrected chi connectivity index (χ3v) is 5.45. The Bertz CT molecular complexity index is 791. The average Bonchev–Trinajstić information content (AvgIpc) is 2.83.